The maximum absolute atomic E-state index is 12.3. The van der Waals surface area contributed by atoms with Crippen LogP contribution in [0.2, 0.25) is 0 Å². The van der Waals surface area contributed by atoms with E-state index in [-0.39, 0.29) is 25.9 Å². The zero-order valence-corrected chi connectivity index (χ0v) is 24.6. The highest BCUT2D eigenvalue weighted by Crippen LogP contribution is 2.34. The molecule has 4 rings (SSSR count). The second-order valence-electron chi connectivity index (χ2n) is 11.6. The third kappa shape index (κ3) is 8.16. The number of amides is 1. The van der Waals surface area contributed by atoms with Gasteiger partial charge < -0.3 is 93.0 Å². The van der Waals surface area contributed by atoms with E-state index < -0.39 is 123 Å². The molecule has 1 saturated carbocycles. The van der Waals surface area contributed by atoms with Crippen molar-refractivity contribution in [2.45, 2.75) is 117 Å². The van der Waals surface area contributed by atoms with Crippen LogP contribution in [0.15, 0.2) is 12.2 Å². The van der Waals surface area contributed by atoms with Crippen molar-refractivity contribution in [1.29, 1.82) is 0 Å². The van der Waals surface area contributed by atoms with Gasteiger partial charge in [-0.2, -0.15) is 0 Å². The lowest BCUT2D eigenvalue weighted by atomic mass is 9.83. The van der Waals surface area contributed by atoms with Crippen molar-refractivity contribution in [2.24, 2.45) is 28.7 Å². The fourth-order valence-corrected chi connectivity index (χ4v) is 5.87. The Kier molecular flexibility index (Phi) is 13.0. The first-order chi connectivity index (χ1) is 21.4. The van der Waals surface area contributed by atoms with Crippen molar-refractivity contribution in [2.75, 3.05) is 26.3 Å². The topological polar surface area (TPSA) is 336 Å². The average Bonchev–Trinajstić information content (AvgIpc) is 3.31. The van der Waals surface area contributed by atoms with Gasteiger partial charge in [-0.05, 0) is 6.42 Å². The van der Waals surface area contributed by atoms with Crippen molar-refractivity contribution in [3.05, 3.63) is 12.2 Å². The van der Waals surface area contributed by atoms with Gasteiger partial charge >= 0.3 is 0 Å². The third-order valence-electron chi connectivity index (χ3n) is 8.43. The second-order valence-corrected chi connectivity index (χ2v) is 11.6. The molecular weight excluding hydrogens is 604 g/mol. The maximum Gasteiger partial charge on any atom is 0.222 e. The number of nitrogens with two attached hydrogens (primary N) is 5. The van der Waals surface area contributed by atoms with Crippen LogP contribution in [0.4, 0.5) is 0 Å². The Morgan fingerprint density at radius 1 is 0.778 bits per heavy atom. The van der Waals surface area contributed by atoms with Crippen molar-refractivity contribution in [3.63, 3.8) is 0 Å². The Balaban J connectivity index is 1.54. The minimum Gasteiger partial charge on any atom is -0.396 e. The van der Waals surface area contributed by atoms with E-state index in [9.17, 15) is 30.3 Å². The number of nitrogens with one attached hydrogen (secondary N) is 1. The Labute approximate surface area is 259 Å². The summed E-state index contributed by atoms with van der Waals surface area (Å²) in [5.41, 5.74) is 30.0. The number of hydrogen-bond donors (Lipinski definition) is 12. The zero-order valence-electron chi connectivity index (χ0n) is 24.6. The Morgan fingerprint density at radius 3 is 2.09 bits per heavy atom. The van der Waals surface area contributed by atoms with Crippen LogP contribution in [-0.4, -0.2) is 167 Å². The molecule has 2 saturated heterocycles. The zero-order chi connectivity index (χ0) is 33.0. The van der Waals surface area contributed by atoms with Gasteiger partial charge in [-0.1, -0.05) is 12.2 Å². The monoisotopic (exact) mass is 652 g/mol. The second kappa shape index (κ2) is 16.1. The minimum absolute atomic E-state index is 0.0352. The Hall–Kier alpha value is -1.47. The van der Waals surface area contributed by atoms with Crippen molar-refractivity contribution < 1.29 is 63.9 Å². The molecule has 3 aliphatic heterocycles. The number of rotatable bonds is 12. The van der Waals surface area contributed by atoms with Gasteiger partial charge in [-0.3, -0.25) is 4.79 Å². The third-order valence-corrected chi connectivity index (χ3v) is 8.43. The summed E-state index contributed by atoms with van der Waals surface area (Å²) in [6.45, 7) is -1.10. The molecule has 0 aromatic carbocycles. The van der Waals surface area contributed by atoms with E-state index in [2.05, 4.69) is 5.32 Å². The molecule has 1 unspecified atom stereocenters. The summed E-state index contributed by atoms with van der Waals surface area (Å²) < 4.78 is 35.3. The SMILES string of the molecule is NC[C@@H]1OC(O[C@H]2[C@@H](O)[C@H](O[C@@H]3[C@@H](O)[C@H](NC(=O)CCO)C[C@H](N)[C@H]3O[C@H]3O[C@H](CN)C=C[C@H]3N)O[C@@H]2CO)[C@H](N)[C@@H](O)[C@@H]1O. The highest BCUT2D eigenvalue weighted by atomic mass is 16.8. The van der Waals surface area contributed by atoms with Gasteiger partial charge in [0.25, 0.3) is 0 Å². The molecule has 45 heavy (non-hydrogen) atoms. The van der Waals surface area contributed by atoms with Gasteiger partial charge in [0.1, 0.15) is 54.9 Å². The van der Waals surface area contributed by atoms with Gasteiger partial charge in [-0.15, -0.1) is 0 Å². The standard InChI is InChI=1S/C26H48N6O13/c27-6-9-1-2-10(29)24(40-9)43-21-11(30)5-12(32-15(35)3-4-33)17(36)23(21)45-26-20(39)22(14(8-34)42-26)44-25-16(31)19(38)18(37)13(7-28)41-25/h1-2,9-14,16-26,33-34,36-39H,3-8,27-31H2,(H,32,35)/t9-,10+,11-,12+,13-,14+,16+,17-,18+,19+,20+,21+,22+,23+,24+,25?,26-/m0/s1. The molecule has 0 radical (unpaired) electrons. The van der Waals surface area contributed by atoms with Gasteiger partial charge in [0.2, 0.25) is 5.91 Å². The van der Waals surface area contributed by atoms with Crippen LogP contribution in [0, 0.1) is 0 Å². The predicted octanol–water partition coefficient (Wildman–Crippen LogP) is -7.52. The number of aliphatic hydroxyl groups is 6. The molecule has 1 amide bonds. The number of hydrogen-bond acceptors (Lipinski definition) is 18. The minimum atomic E-state index is -1.62. The predicted molar refractivity (Wildman–Crippen MR) is 151 cm³/mol. The molecule has 4 aliphatic rings. The van der Waals surface area contributed by atoms with E-state index in [1.807, 2.05) is 0 Å². The van der Waals surface area contributed by atoms with Gasteiger partial charge in [0.05, 0.1) is 37.4 Å². The van der Waals surface area contributed by atoms with E-state index in [4.69, 9.17) is 62.2 Å². The fourth-order valence-electron chi connectivity index (χ4n) is 5.87. The molecule has 17 N–H and O–H groups in total. The molecule has 19 heteroatoms. The fraction of sp³-hybridized carbons (Fsp3) is 0.885. The van der Waals surface area contributed by atoms with Gasteiger partial charge in [0.15, 0.2) is 18.9 Å². The summed E-state index contributed by atoms with van der Waals surface area (Å²) >= 11 is 0. The highest BCUT2D eigenvalue weighted by molar-refractivity contribution is 5.76. The molecule has 3 fully saturated rings. The van der Waals surface area contributed by atoms with Gasteiger partial charge in [-0.25, -0.2) is 0 Å². The number of aliphatic hydroxyl groups excluding tert-OH is 6. The lowest BCUT2D eigenvalue weighted by molar-refractivity contribution is -0.284. The van der Waals surface area contributed by atoms with Gasteiger partial charge in [0, 0.05) is 25.6 Å². The molecule has 1 aliphatic carbocycles. The summed E-state index contributed by atoms with van der Waals surface area (Å²) in [5, 5.41) is 65.0. The summed E-state index contributed by atoms with van der Waals surface area (Å²) in [6, 6.07) is -3.80. The molecule has 19 nitrogen and oxygen atoms in total. The molecule has 260 valence electrons. The van der Waals surface area contributed by atoms with E-state index >= 15 is 0 Å². The molecule has 17 atom stereocenters. The normalized spacial score (nSPS) is 47.1. The van der Waals surface area contributed by atoms with E-state index in [1.54, 1.807) is 12.2 Å². The summed E-state index contributed by atoms with van der Waals surface area (Å²) in [7, 11) is 0. The first-order valence-corrected chi connectivity index (χ1v) is 14.9. The molecule has 3 heterocycles. The maximum atomic E-state index is 12.3. The van der Waals surface area contributed by atoms with Crippen LogP contribution in [0.5, 0.6) is 0 Å². The molecule has 0 aromatic heterocycles. The van der Waals surface area contributed by atoms with Crippen LogP contribution in [0.25, 0.3) is 0 Å². The first kappa shape index (κ1) is 36.4. The number of carbonyl (C=O) groups excluding carboxylic acids is 1. The summed E-state index contributed by atoms with van der Waals surface area (Å²) in [4.78, 5) is 12.3. The number of ether oxygens (including phenoxy) is 6. The van der Waals surface area contributed by atoms with Crippen LogP contribution in [0.3, 0.4) is 0 Å². The average molecular weight is 653 g/mol. The van der Waals surface area contributed by atoms with Crippen LogP contribution in [0.1, 0.15) is 12.8 Å². The lowest BCUT2D eigenvalue weighted by Crippen LogP contribution is -2.66. The first-order valence-electron chi connectivity index (χ1n) is 14.9. The van der Waals surface area contributed by atoms with Crippen molar-refractivity contribution in [1.82, 2.24) is 5.32 Å². The quantitative estimate of drug-likeness (QED) is 0.0871. The highest BCUT2D eigenvalue weighted by Gasteiger charge is 2.54. The summed E-state index contributed by atoms with van der Waals surface area (Å²) in [6.07, 6.45) is -13.3. The summed E-state index contributed by atoms with van der Waals surface area (Å²) in [5.74, 6) is -0.543. The van der Waals surface area contributed by atoms with Crippen molar-refractivity contribution >= 4 is 5.91 Å². The Bertz CT molecular complexity index is 986. The van der Waals surface area contributed by atoms with E-state index in [1.165, 1.54) is 0 Å². The molecular formula is C26H48N6O13. The molecule has 0 spiro atoms. The van der Waals surface area contributed by atoms with E-state index in [0.29, 0.717) is 0 Å². The van der Waals surface area contributed by atoms with E-state index in [0.717, 1.165) is 0 Å². The largest absolute Gasteiger partial charge is 0.396 e. The smallest absolute Gasteiger partial charge is 0.222 e. The Morgan fingerprint density at radius 2 is 1.44 bits per heavy atom. The number of carbonyl (C=O) groups is 1. The molecule has 0 aromatic rings. The van der Waals surface area contributed by atoms with Crippen molar-refractivity contribution in [3.8, 4) is 0 Å². The van der Waals surface area contributed by atoms with Crippen LogP contribution >= 0.6 is 0 Å². The lowest BCUT2D eigenvalue weighted by Gasteiger charge is -2.46. The van der Waals surface area contributed by atoms with Crippen LogP contribution in [-0.2, 0) is 33.2 Å². The van der Waals surface area contributed by atoms with Crippen LogP contribution < -0.4 is 34.0 Å². The molecule has 0 bridgehead atoms.